The number of carbonyl (C=O) groups is 1. The van der Waals surface area contributed by atoms with Gasteiger partial charge in [-0.3, -0.25) is 4.79 Å². The van der Waals surface area contributed by atoms with Crippen LogP contribution in [0.5, 0.6) is 0 Å². The van der Waals surface area contributed by atoms with Crippen LogP contribution in [0.2, 0.25) is 0 Å². The molecule has 1 aliphatic rings. The molecular formula is C16H25N3O3. The number of aromatic amines is 1. The molecule has 0 saturated carbocycles. The molecule has 1 atom stereocenters. The van der Waals surface area contributed by atoms with Crippen LogP contribution in [-0.2, 0) is 11.3 Å². The molecule has 1 unspecified atom stereocenters. The maximum absolute atomic E-state index is 12.3. The molecule has 1 fully saturated rings. The van der Waals surface area contributed by atoms with E-state index < -0.39 is 0 Å². The third-order valence-electron chi connectivity index (χ3n) is 4.08. The number of pyridine rings is 1. The number of amides is 2. The fourth-order valence-electron chi connectivity index (χ4n) is 2.77. The largest absolute Gasteiger partial charge is 0.381 e. The third-order valence-corrected chi connectivity index (χ3v) is 4.08. The molecule has 2 amide bonds. The van der Waals surface area contributed by atoms with Crippen molar-refractivity contribution < 1.29 is 9.53 Å². The van der Waals surface area contributed by atoms with E-state index in [0.29, 0.717) is 24.6 Å². The van der Waals surface area contributed by atoms with Gasteiger partial charge in [-0.25, -0.2) is 4.79 Å². The van der Waals surface area contributed by atoms with Gasteiger partial charge in [-0.05, 0) is 38.8 Å². The first-order valence-electron chi connectivity index (χ1n) is 7.81. The Bertz CT molecular complexity index is 576. The second-order valence-corrected chi connectivity index (χ2v) is 5.87. The Labute approximate surface area is 130 Å². The minimum Gasteiger partial charge on any atom is -0.381 e. The van der Waals surface area contributed by atoms with Gasteiger partial charge >= 0.3 is 6.03 Å². The zero-order valence-corrected chi connectivity index (χ0v) is 13.6. The van der Waals surface area contributed by atoms with Crippen molar-refractivity contribution in [3.05, 3.63) is 33.2 Å². The van der Waals surface area contributed by atoms with Crippen molar-refractivity contribution in [2.75, 3.05) is 26.3 Å². The number of rotatable bonds is 5. The average Bonchev–Trinajstić information content (AvgIpc) is 2.96. The normalized spacial score (nSPS) is 17.5. The summed E-state index contributed by atoms with van der Waals surface area (Å²) in [5.74, 6) is 0.412. The fraction of sp³-hybridized carbons (Fsp3) is 0.625. The predicted molar refractivity (Wildman–Crippen MR) is 84.9 cm³/mol. The van der Waals surface area contributed by atoms with E-state index in [-0.39, 0.29) is 18.1 Å². The molecule has 2 rings (SSSR count). The highest BCUT2D eigenvalue weighted by atomic mass is 16.5. The van der Waals surface area contributed by atoms with Crippen molar-refractivity contribution in [1.29, 1.82) is 0 Å². The van der Waals surface area contributed by atoms with E-state index in [0.717, 1.165) is 30.9 Å². The van der Waals surface area contributed by atoms with E-state index in [2.05, 4.69) is 10.3 Å². The Kier molecular flexibility index (Phi) is 5.60. The van der Waals surface area contributed by atoms with Gasteiger partial charge in [-0.2, -0.15) is 0 Å². The summed E-state index contributed by atoms with van der Waals surface area (Å²) in [7, 11) is 0. The minimum absolute atomic E-state index is 0.131. The summed E-state index contributed by atoms with van der Waals surface area (Å²) < 4.78 is 5.35. The summed E-state index contributed by atoms with van der Waals surface area (Å²) in [5.41, 5.74) is 2.20. The summed E-state index contributed by atoms with van der Waals surface area (Å²) in [5, 5.41) is 2.85. The molecule has 22 heavy (non-hydrogen) atoms. The first kappa shape index (κ1) is 16.5. The van der Waals surface area contributed by atoms with Gasteiger partial charge in [0.25, 0.3) is 5.56 Å². The van der Waals surface area contributed by atoms with E-state index in [9.17, 15) is 9.59 Å². The molecule has 0 radical (unpaired) electrons. The third kappa shape index (κ3) is 4.10. The molecule has 1 aliphatic heterocycles. The maximum atomic E-state index is 12.3. The van der Waals surface area contributed by atoms with Crippen LogP contribution in [0.4, 0.5) is 4.79 Å². The second kappa shape index (κ2) is 7.45. The van der Waals surface area contributed by atoms with Crippen LogP contribution in [0.15, 0.2) is 10.9 Å². The molecular weight excluding hydrogens is 282 g/mol. The second-order valence-electron chi connectivity index (χ2n) is 5.87. The maximum Gasteiger partial charge on any atom is 0.317 e. The van der Waals surface area contributed by atoms with E-state index in [4.69, 9.17) is 4.74 Å². The van der Waals surface area contributed by atoms with Crippen LogP contribution in [0.25, 0.3) is 0 Å². The monoisotopic (exact) mass is 307 g/mol. The number of nitrogens with zero attached hydrogens (tertiary/aromatic N) is 1. The van der Waals surface area contributed by atoms with Gasteiger partial charge in [0, 0.05) is 36.9 Å². The Balaban J connectivity index is 1.94. The van der Waals surface area contributed by atoms with Crippen LogP contribution in [-0.4, -0.2) is 42.2 Å². The molecule has 1 aromatic heterocycles. The number of urea groups is 1. The van der Waals surface area contributed by atoms with Crippen LogP contribution >= 0.6 is 0 Å². The number of carbonyl (C=O) groups excluding carboxylic acids is 1. The zero-order chi connectivity index (χ0) is 16.1. The molecule has 122 valence electrons. The van der Waals surface area contributed by atoms with Crippen molar-refractivity contribution in [3.8, 4) is 0 Å². The summed E-state index contributed by atoms with van der Waals surface area (Å²) in [4.78, 5) is 28.8. The molecule has 1 saturated heterocycles. The number of aryl methyl sites for hydroxylation is 2. The molecule has 0 aromatic carbocycles. The van der Waals surface area contributed by atoms with Crippen molar-refractivity contribution in [2.24, 2.45) is 5.92 Å². The molecule has 2 N–H and O–H groups in total. The van der Waals surface area contributed by atoms with Crippen molar-refractivity contribution in [1.82, 2.24) is 15.2 Å². The lowest BCUT2D eigenvalue weighted by molar-refractivity contribution is 0.166. The highest BCUT2D eigenvalue weighted by molar-refractivity contribution is 5.74. The average molecular weight is 307 g/mol. The van der Waals surface area contributed by atoms with Gasteiger partial charge in [0.2, 0.25) is 0 Å². The quantitative estimate of drug-likeness (QED) is 0.867. The van der Waals surface area contributed by atoms with Crippen molar-refractivity contribution >= 4 is 6.03 Å². The summed E-state index contributed by atoms with van der Waals surface area (Å²) in [6.45, 7) is 8.78. The first-order valence-corrected chi connectivity index (χ1v) is 7.81. The van der Waals surface area contributed by atoms with Gasteiger partial charge < -0.3 is 19.9 Å². The molecule has 0 aliphatic carbocycles. The number of hydrogen-bond donors (Lipinski definition) is 2. The topological polar surface area (TPSA) is 74.4 Å². The number of hydrogen-bond acceptors (Lipinski definition) is 3. The minimum atomic E-state index is -0.134. The molecule has 6 nitrogen and oxygen atoms in total. The van der Waals surface area contributed by atoms with Crippen LogP contribution in [0.1, 0.15) is 30.2 Å². The van der Waals surface area contributed by atoms with Crippen molar-refractivity contribution in [3.63, 3.8) is 0 Å². The first-order chi connectivity index (χ1) is 10.5. The predicted octanol–water partition coefficient (Wildman–Crippen LogP) is 1.56. The summed E-state index contributed by atoms with van der Waals surface area (Å²) in [6.07, 6.45) is 1.00. The number of nitrogens with one attached hydrogen (secondary N) is 2. The van der Waals surface area contributed by atoms with E-state index >= 15 is 0 Å². The van der Waals surface area contributed by atoms with Gasteiger partial charge in [0.05, 0.1) is 13.2 Å². The van der Waals surface area contributed by atoms with E-state index in [1.54, 1.807) is 4.90 Å². The lowest BCUT2D eigenvalue weighted by atomic mass is 10.1. The molecule has 0 bridgehead atoms. The fourth-order valence-corrected chi connectivity index (χ4v) is 2.77. The Hall–Kier alpha value is -1.82. The van der Waals surface area contributed by atoms with Crippen LogP contribution in [0.3, 0.4) is 0 Å². The van der Waals surface area contributed by atoms with Crippen LogP contribution in [0, 0.1) is 19.8 Å². The molecule has 1 aromatic rings. The highest BCUT2D eigenvalue weighted by Gasteiger charge is 2.21. The highest BCUT2D eigenvalue weighted by Crippen LogP contribution is 2.14. The van der Waals surface area contributed by atoms with Gasteiger partial charge in [0.15, 0.2) is 0 Å². The SMILES string of the molecule is CCN(CC1CCOC1)C(=O)NCc1c(C)cc(C)[nH]c1=O. The van der Waals surface area contributed by atoms with Crippen LogP contribution < -0.4 is 10.9 Å². The Morgan fingerprint density at radius 3 is 2.86 bits per heavy atom. The molecule has 6 heteroatoms. The zero-order valence-electron chi connectivity index (χ0n) is 13.6. The molecule has 2 heterocycles. The number of aromatic nitrogens is 1. The van der Waals surface area contributed by atoms with Crippen molar-refractivity contribution in [2.45, 2.75) is 33.7 Å². The van der Waals surface area contributed by atoms with Gasteiger partial charge in [-0.1, -0.05) is 0 Å². The number of ether oxygens (including phenoxy) is 1. The standard InChI is InChI=1S/C16H25N3O3/c1-4-19(9-13-5-6-22-10-13)16(21)17-8-14-11(2)7-12(3)18-15(14)20/h7,13H,4-6,8-10H2,1-3H3,(H,17,21)(H,18,20). The van der Waals surface area contributed by atoms with E-state index in [1.807, 2.05) is 26.8 Å². The smallest absolute Gasteiger partial charge is 0.317 e. The van der Waals surface area contributed by atoms with Gasteiger partial charge in [-0.15, -0.1) is 0 Å². The molecule has 0 spiro atoms. The lowest BCUT2D eigenvalue weighted by Crippen LogP contribution is -2.43. The summed E-state index contributed by atoms with van der Waals surface area (Å²) >= 11 is 0. The van der Waals surface area contributed by atoms with E-state index in [1.165, 1.54) is 0 Å². The van der Waals surface area contributed by atoms with Gasteiger partial charge in [0.1, 0.15) is 0 Å². The summed E-state index contributed by atoms with van der Waals surface area (Å²) in [6, 6.07) is 1.78. The Morgan fingerprint density at radius 2 is 2.27 bits per heavy atom. The Morgan fingerprint density at radius 1 is 1.50 bits per heavy atom. The number of H-pyrrole nitrogens is 1. The lowest BCUT2D eigenvalue weighted by Gasteiger charge is -2.24.